The summed E-state index contributed by atoms with van der Waals surface area (Å²) < 4.78 is 33.2. The van der Waals surface area contributed by atoms with Crippen LogP contribution in [0.25, 0.3) is 0 Å². The van der Waals surface area contributed by atoms with Crippen molar-refractivity contribution in [2.75, 3.05) is 21.2 Å². The molecule has 0 saturated carbocycles. The zero-order chi connectivity index (χ0) is 20.3. The minimum Gasteiger partial charge on any atom is -0.497 e. The molecule has 9 heteroatoms. The molecule has 1 aromatic heterocycles. The molecule has 0 amide bonds. The maximum Gasteiger partial charge on any atom is 0.251 e. The van der Waals surface area contributed by atoms with Crippen LogP contribution in [0.4, 0.5) is 0 Å². The van der Waals surface area contributed by atoms with Crippen LogP contribution in [-0.4, -0.2) is 49.3 Å². The Bertz CT molecular complexity index is 1060. The second-order valence-electron chi connectivity index (χ2n) is 6.56. The van der Waals surface area contributed by atoms with Crippen molar-refractivity contribution in [3.63, 3.8) is 0 Å². The lowest BCUT2D eigenvalue weighted by atomic mass is 10.2. The summed E-state index contributed by atoms with van der Waals surface area (Å²) in [5.41, 5.74) is 1.79. The first-order valence-electron chi connectivity index (χ1n) is 8.51. The van der Waals surface area contributed by atoms with Crippen molar-refractivity contribution in [3.05, 3.63) is 64.4 Å². The van der Waals surface area contributed by atoms with Gasteiger partial charge in [-0.25, -0.2) is 13.1 Å². The van der Waals surface area contributed by atoms with Gasteiger partial charge in [0.1, 0.15) is 5.75 Å². The predicted molar refractivity (Wildman–Crippen MR) is 109 cm³/mol. The molecular formula is C19H21BrN4O3S. The zero-order valence-corrected chi connectivity index (χ0v) is 18.2. The van der Waals surface area contributed by atoms with E-state index in [1.165, 1.54) is 4.68 Å². The summed E-state index contributed by atoms with van der Waals surface area (Å²) in [6.45, 7) is 0.917. The highest BCUT2D eigenvalue weighted by Gasteiger charge is 2.26. The van der Waals surface area contributed by atoms with Crippen molar-refractivity contribution in [2.24, 2.45) is 0 Å². The van der Waals surface area contributed by atoms with E-state index in [9.17, 15) is 8.42 Å². The van der Waals surface area contributed by atoms with Gasteiger partial charge in [-0.15, -0.1) is 5.10 Å². The van der Waals surface area contributed by atoms with Gasteiger partial charge in [0.25, 0.3) is 5.16 Å². The Morgan fingerprint density at radius 2 is 1.82 bits per heavy atom. The van der Waals surface area contributed by atoms with Crippen molar-refractivity contribution in [1.82, 2.24) is 19.7 Å². The normalized spacial score (nSPS) is 11.8. The molecule has 0 saturated heterocycles. The molecule has 0 N–H and O–H groups in total. The minimum absolute atomic E-state index is 0.0998. The van der Waals surface area contributed by atoms with Crippen LogP contribution in [0.2, 0.25) is 0 Å². The fourth-order valence-corrected chi connectivity index (χ4v) is 4.63. The maximum atomic E-state index is 13.2. The Hall–Kier alpha value is -2.23. The highest BCUT2D eigenvalue weighted by atomic mass is 79.9. The molecule has 0 aliphatic heterocycles. The molecule has 7 nitrogen and oxygen atoms in total. The number of halogens is 1. The molecule has 0 spiro atoms. The number of sulfone groups is 1. The molecule has 0 unspecified atom stereocenters. The van der Waals surface area contributed by atoms with Crippen LogP contribution in [0.1, 0.15) is 11.1 Å². The largest absolute Gasteiger partial charge is 0.497 e. The summed E-state index contributed by atoms with van der Waals surface area (Å²) in [5, 5.41) is 4.11. The summed E-state index contributed by atoms with van der Waals surface area (Å²) in [4.78, 5) is 6.30. The maximum absolute atomic E-state index is 13.2. The van der Waals surface area contributed by atoms with E-state index in [1.54, 1.807) is 25.3 Å². The van der Waals surface area contributed by atoms with Crippen LogP contribution in [0.3, 0.4) is 0 Å². The number of methoxy groups -OCH3 is 1. The van der Waals surface area contributed by atoms with Gasteiger partial charge in [-0.1, -0.05) is 24.3 Å². The molecule has 0 aliphatic rings. The van der Waals surface area contributed by atoms with Gasteiger partial charge in [0.05, 0.1) is 18.6 Å². The summed E-state index contributed by atoms with van der Waals surface area (Å²) in [6.07, 6.45) is 0. The first-order valence-corrected chi connectivity index (χ1v) is 10.8. The molecule has 3 aromatic rings. The van der Waals surface area contributed by atoms with Gasteiger partial charge in [0.15, 0.2) is 0 Å². The molecule has 0 fully saturated rings. The van der Waals surface area contributed by atoms with Crippen LogP contribution < -0.4 is 4.74 Å². The van der Waals surface area contributed by atoms with Gasteiger partial charge >= 0.3 is 0 Å². The van der Waals surface area contributed by atoms with Crippen molar-refractivity contribution in [1.29, 1.82) is 0 Å². The van der Waals surface area contributed by atoms with Gasteiger partial charge in [-0.2, -0.15) is 4.98 Å². The third-order valence-electron chi connectivity index (χ3n) is 4.05. The van der Waals surface area contributed by atoms with Gasteiger partial charge in [0, 0.05) is 6.54 Å². The van der Waals surface area contributed by atoms with Gasteiger partial charge in [-0.3, -0.25) is 0 Å². The first-order chi connectivity index (χ1) is 13.3. The van der Waals surface area contributed by atoms with Crippen molar-refractivity contribution in [3.8, 4) is 5.75 Å². The highest BCUT2D eigenvalue weighted by molar-refractivity contribution is 9.10. The molecule has 0 aliphatic carbocycles. The van der Waals surface area contributed by atoms with E-state index in [2.05, 4.69) is 26.0 Å². The lowest BCUT2D eigenvalue weighted by Gasteiger charge is -2.11. The number of rotatable bonds is 7. The van der Waals surface area contributed by atoms with Crippen molar-refractivity contribution >= 4 is 25.8 Å². The fraction of sp³-hybridized carbons (Fsp3) is 0.263. The van der Waals surface area contributed by atoms with E-state index in [4.69, 9.17) is 4.74 Å². The molecule has 0 atom stereocenters. The molecule has 0 bridgehead atoms. The SMILES string of the molecule is COc1ccc(Cn2nc(Br)nc2S(=O)(=O)c2cccc(CN(C)C)c2)cc1. The van der Waals surface area contributed by atoms with Crippen molar-refractivity contribution in [2.45, 2.75) is 23.1 Å². The summed E-state index contributed by atoms with van der Waals surface area (Å²) in [5.74, 6) is 0.731. The topological polar surface area (TPSA) is 77.3 Å². The molecule has 2 aromatic carbocycles. The zero-order valence-electron chi connectivity index (χ0n) is 15.8. The number of nitrogens with zero attached hydrogens (tertiary/aromatic N) is 4. The molecular weight excluding hydrogens is 444 g/mol. The first kappa shape index (κ1) is 20.5. The highest BCUT2D eigenvalue weighted by Crippen LogP contribution is 2.23. The Morgan fingerprint density at radius 3 is 2.46 bits per heavy atom. The summed E-state index contributed by atoms with van der Waals surface area (Å²) in [7, 11) is 1.64. The second kappa shape index (κ2) is 8.42. The second-order valence-corrected chi connectivity index (χ2v) is 9.11. The average Bonchev–Trinajstić information content (AvgIpc) is 3.03. The summed E-state index contributed by atoms with van der Waals surface area (Å²) in [6, 6.07) is 14.3. The van der Waals surface area contributed by atoms with E-state index in [-0.39, 0.29) is 21.3 Å². The van der Waals surface area contributed by atoms with E-state index in [0.717, 1.165) is 16.9 Å². The van der Waals surface area contributed by atoms with Crippen LogP contribution >= 0.6 is 15.9 Å². The predicted octanol–water partition coefficient (Wildman–Crippen LogP) is 2.99. The Labute approximate surface area is 173 Å². The lowest BCUT2D eigenvalue weighted by Crippen LogP contribution is -2.14. The number of benzene rings is 2. The Balaban J connectivity index is 1.96. The van der Waals surface area contributed by atoms with Crippen LogP contribution in [-0.2, 0) is 22.9 Å². The molecule has 28 heavy (non-hydrogen) atoms. The quantitative estimate of drug-likeness (QED) is 0.534. The van der Waals surface area contributed by atoms with Gasteiger partial charge in [-0.05, 0) is 65.4 Å². The van der Waals surface area contributed by atoms with Crippen LogP contribution in [0, 0.1) is 0 Å². The molecule has 1 heterocycles. The Kier molecular flexibility index (Phi) is 6.17. The molecule has 0 radical (unpaired) electrons. The van der Waals surface area contributed by atoms with Crippen LogP contribution in [0.5, 0.6) is 5.75 Å². The van der Waals surface area contributed by atoms with E-state index < -0.39 is 9.84 Å². The van der Waals surface area contributed by atoms with Gasteiger partial charge in [0.2, 0.25) is 14.6 Å². The number of aromatic nitrogens is 3. The summed E-state index contributed by atoms with van der Waals surface area (Å²) >= 11 is 3.20. The van der Waals surface area contributed by atoms with Crippen LogP contribution in [0.15, 0.2) is 63.3 Å². The van der Waals surface area contributed by atoms with E-state index >= 15 is 0 Å². The average molecular weight is 465 g/mol. The number of hydrogen-bond acceptors (Lipinski definition) is 6. The number of hydrogen-bond donors (Lipinski definition) is 0. The molecule has 3 rings (SSSR count). The van der Waals surface area contributed by atoms with Gasteiger partial charge < -0.3 is 9.64 Å². The lowest BCUT2D eigenvalue weighted by molar-refractivity contribution is 0.402. The third kappa shape index (κ3) is 4.60. The standard InChI is InChI=1S/C19H21BrN4O3S/c1-23(2)12-15-5-4-6-17(11-15)28(25,26)19-21-18(20)22-24(19)13-14-7-9-16(27-3)10-8-14/h4-11H,12-13H2,1-3H3. The Morgan fingerprint density at radius 1 is 1.11 bits per heavy atom. The molecule has 148 valence electrons. The third-order valence-corrected chi connectivity index (χ3v) is 6.04. The minimum atomic E-state index is -3.82. The van der Waals surface area contributed by atoms with E-state index in [0.29, 0.717) is 6.54 Å². The fourth-order valence-electron chi connectivity index (χ4n) is 2.79. The number of ether oxygens (including phenoxy) is 1. The monoisotopic (exact) mass is 464 g/mol. The van der Waals surface area contributed by atoms with Crippen molar-refractivity contribution < 1.29 is 13.2 Å². The smallest absolute Gasteiger partial charge is 0.251 e. The van der Waals surface area contributed by atoms with E-state index in [1.807, 2.05) is 49.3 Å².